The minimum absolute atomic E-state index is 0.0363. The summed E-state index contributed by atoms with van der Waals surface area (Å²) in [5.41, 5.74) is 10.1. The number of nitrogens with two attached hydrogens (primary N) is 1. The molecule has 1 unspecified atom stereocenters. The van der Waals surface area contributed by atoms with Crippen molar-refractivity contribution < 1.29 is 15.0 Å². The van der Waals surface area contributed by atoms with Crippen molar-refractivity contribution in [3.05, 3.63) is 65.7 Å². The number of Topliss-reactive ketones (excluding diaryl/α,β-unsaturated/α-hetero) is 1. The largest absolute Gasteiger partial charge is 0.504 e. The molecule has 0 aliphatic carbocycles. The number of rotatable bonds is 2. The lowest BCUT2D eigenvalue weighted by Crippen LogP contribution is -2.12. The van der Waals surface area contributed by atoms with Gasteiger partial charge in [-0.05, 0) is 53.4 Å². The first-order valence-corrected chi connectivity index (χ1v) is 9.57. The molecule has 0 saturated carbocycles. The zero-order valence-electron chi connectivity index (χ0n) is 14.8. The smallest absolute Gasteiger partial charge is 0.171 e. The van der Waals surface area contributed by atoms with Gasteiger partial charge in [0, 0.05) is 27.0 Å². The van der Waals surface area contributed by atoms with Crippen LogP contribution in [0.25, 0.3) is 11.1 Å². The standard InChI is InChI=1S/C22H19NO3S/c1-2-15-16-7-6-13(12-4-3-5-14(23)8-12)9-20(16)27-21-11-19(25)18(24)10-17(21)22(15)26/h3-11,15,24-25H,2,23H2,1H3. The second kappa shape index (κ2) is 6.67. The van der Waals surface area contributed by atoms with E-state index >= 15 is 0 Å². The fraction of sp³-hybridized carbons (Fsp3) is 0.136. The van der Waals surface area contributed by atoms with E-state index in [1.807, 2.05) is 43.3 Å². The predicted octanol–water partition coefficient (Wildman–Crippen LogP) is 5.19. The van der Waals surface area contributed by atoms with Gasteiger partial charge in [-0.2, -0.15) is 0 Å². The van der Waals surface area contributed by atoms with Gasteiger partial charge in [0.25, 0.3) is 0 Å². The summed E-state index contributed by atoms with van der Waals surface area (Å²) in [4.78, 5) is 14.7. The quantitative estimate of drug-likeness (QED) is 0.423. The van der Waals surface area contributed by atoms with Gasteiger partial charge in [-0.3, -0.25) is 4.79 Å². The van der Waals surface area contributed by atoms with Crippen LogP contribution in [-0.4, -0.2) is 16.0 Å². The number of phenolic OH excluding ortho intramolecular Hbond substituents is 2. The second-order valence-corrected chi connectivity index (χ2v) is 7.73. The Kier molecular flexibility index (Phi) is 4.32. The molecule has 0 bridgehead atoms. The molecule has 0 amide bonds. The monoisotopic (exact) mass is 377 g/mol. The van der Waals surface area contributed by atoms with Gasteiger partial charge < -0.3 is 15.9 Å². The van der Waals surface area contributed by atoms with E-state index in [-0.39, 0.29) is 23.2 Å². The molecular weight excluding hydrogens is 358 g/mol. The first kappa shape index (κ1) is 17.5. The number of carbonyl (C=O) groups excluding carboxylic acids is 1. The molecule has 0 radical (unpaired) electrons. The van der Waals surface area contributed by atoms with Gasteiger partial charge in [0.2, 0.25) is 0 Å². The van der Waals surface area contributed by atoms with Crippen molar-refractivity contribution >= 4 is 23.2 Å². The number of aromatic hydroxyl groups is 2. The van der Waals surface area contributed by atoms with Crippen LogP contribution in [-0.2, 0) is 0 Å². The third-order valence-corrected chi connectivity index (χ3v) is 6.03. The molecular formula is C22H19NO3S. The molecule has 27 heavy (non-hydrogen) atoms. The minimum atomic E-state index is -0.285. The van der Waals surface area contributed by atoms with Crippen LogP contribution in [0.3, 0.4) is 0 Å². The minimum Gasteiger partial charge on any atom is -0.504 e. The summed E-state index contributed by atoms with van der Waals surface area (Å²) < 4.78 is 0. The topological polar surface area (TPSA) is 83.5 Å². The zero-order valence-corrected chi connectivity index (χ0v) is 15.6. The molecule has 1 aliphatic rings. The zero-order chi connectivity index (χ0) is 19.1. The molecule has 4 nitrogen and oxygen atoms in total. The van der Waals surface area contributed by atoms with Crippen molar-refractivity contribution in [3.8, 4) is 22.6 Å². The fourth-order valence-electron chi connectivity index (χ4n) is 3.50. The Hall–Kier alpha value is -2.92. The Bertz CT molecular complexity index is 1060. The highest BCUT2D eigenvalue weighted by atomic mass is 32.2. The maximum Gasteiger partial charge on any atom is 0.171 e. The Morgan fingerprint density at radius 3 is 2.44 bits per heavy atom. The van der Waals surface area contributed by atoms with Gasteiger partial charge in [0.05, 0.1) is 0 Å². The Morgan fingerprint density at radius 1 is 0.963 bits per heavy atom. The van der Waals surface area contributed by atoms with Crippen molar-refractivity contribution in [3.63, 3.8) is 0 Å². The molecule has 4 N–H and O–H groups in total. The van der Waals surface area contributed by atoms with Crippen molar-refractivity contribution in [1.82, 2.24) is 0 Å². The van der Waals surface area contributed by atoms with E-state index in [9.17, 15) is 15.0 Å². The molecule has 1 heterocycles. The van der Waals surface area contributed by atoms with Crippen LogP contribution in [0.1, 0.15) is 35.2 Å². The van der Waals surface area contributed by atoms with E-state index in [1.54, 1.807) is 0 Å². The third-order valence-electron chi connectivity index (χ3n) is 4.90. The number of benzene rings is 3. The SMILES string of the molecule is CCC1C(=O)c2cc(O)c(O)cc2Sc2cc(-c3cccc(N)c3)ccc21. The van der Waals surface area contributed by atoms with E-state index in [1.165, 1.54) is 23.9 Å². The van der Waals surface area contributed by atoms with Gasteiger partial charge in [-0.25, -0.2) is 0 Å². The number of ketones is 1. The van der Waals surface area contributed by atoms with Crippen molar-refractivity contribution in [2.24, 2.45) is 0 Å². The summed E-state index contributed by atoms with van der Waals surface area (Å²) >= 11 is 1.44. The van der Waals surface area contributed by atoms with Crippen LogP contribution in [0.15, 0.2) is 64.4 Å². The van der Waals surface area contributed by atoms with E-state index < -0.39 is 0 Å². The molecule has 0 aromatic heterocycles. The van der Waals surface area contributed by atoms with E-state index in [4.69, 9.17) is 5.73 Å². The lowest BCUT2D eigenvalue weighted by atomic mass is 9.87. The normalized spacial score (nSPS) is 15.7. The molecule has 5 heteroatoms. The third kappa shape index (κ3) is 3.04. The van der Waals surface area contributed by atoms with Crippen molar-refractivity contribution in [2.45, 2.75) is 29.1 Å². The van der Waals surface area contributed by atoms with Crippen molar-refractivity contribution in [2.75, 3.05) is 5.73 Å². The first-order chi connectivity index (χ1) is 13.0. The van der Waals surface area contributed by atoms with Gasteiger partial charge in [-0.1, -0.05) is 43.0 Å². The maximum atomic E-state index is 13.1. The number of nitrogen functional groups attached to an aromatic ring is 1. The number of anilines is 1. The van der Waals surface area contributed by atoms with Crippen molar-refractivity contribution in [1.29, 1.82) is 0 Å². The maximum absolute atomic E-state index is 13.1. The fourth-order valence-corrected chi connectivity index (χ4v) is 4.69. The number of carbonyl (C=O) groups is 1. The molecule has 4 rings (SSSR count). The van der Waals surface area contributed by atoms with Crippen LogP contribution in [0.4, 0.5) is 5.69 Å². The Morgan fingerprint density at radius 2 is 1.70 bits per heavy atom. The van der Waals surface area contributed by atoms with Gasteiger partial charge in [-0.15, -0.1) is 0 Å². The molecule has 0 saturated heterocycles. The molecule has 136 valence electrons. The average Bonchev–Trinajstić information content (AvgIpc) is 2.76. The Labute approximate surface area is 161 Å². The summed E-state index contributed by atoms with van der Waals surface area (Å²) in [6.07, 6.45) is 0.658. The van der Waals surface area contributed by atoms with Crippen LogP contribution < -0.4 is 5.73 Å². The summed E-state index contributed by atoms with van der Waals surface area (Å²) in [7, 11) is 0. The summed E-state index contributed by atoms with van der Waals surface area (Å²) in [6.45, 7) is 1.98. The van der Waals surface area contributed by atoms with Crippen LogP contribution in [0, 0.1) is 0 Å². The molecule has 3 aromatic rings. The predicted molar refractivity (Wildman–Crippen MR) is 108 cm³/mol. The summed E-state index contributed by atoms with van der Waals surface area (Å²) in [6, 6.07) is 16.6. The number of phenols is 2. The van der Waals surface area contributed by atoms with E-state index in [0.717, 1.165) is 21.6 Å². The van der Waals surface area contributed by atoms with Gasteiger partial charge in [0.1, 0.15) is 0 Å². The Balaban J connectivity index is 1.89. The lowest BCUT2D eigenvalue weighted by molar-refractivity contribution is 0.0953. The highest BCUT2D eigenvalue weighted by molar-refractivity contribution is 7.99. The van der Waals surface area contributed by atoms with E-state index in [0.29, 0.717) is 22.6 Å². The lowest BCUT2D eigenvalue weighted by Gasteiger charge is -2.15. The van der Waals surface area contributed by atoms with Crippen LogP contribution in [0.5, 0.6) is 11.5 Å². The summed E-state index contributed by atoms with van der Waals surface area (Å²) in [5.74, 6) is -0.820. The number of hydrogen-bond acceptors (Lipinski definition) is 5. The number of hydrogen-bond donors (Lipinski definition) is 3. The van der Waals surface area contributed by atoms with E-state index in [2.05, 4.69) is 6.07 Å². The highest BCUT2D eigenvalue weighted by Crippen LogP contribution is 2.46. The first-order valence-electron chi connectivity index (χ1n) is 8.76. The van der Waals surface area contributed by atoms with Gasteiger partial charge in [0.15, 0.2) is 17.3 Å². The molecule has 0 spiro atoms. The molecule has 1 aliphatic heterocycles. The second-order valence-electron chi connectivity index (χ2n) is 6.64. The highest BCUT2D eigenvalue weighted by Gasteiger charge is 2.30. The average molecular weight is 377 g/mol. The summed E-state index contributed by atoms with van der Waals surface area (Å²) in [5, 5.41) is 19.8. The van der Waals surface area contributed by atoms with Gasteiger partial charge >= 0.3 is 0 Å². The van der Waals surface area contributed by atoms with Crippen LogP contribution in [0.2, 0.25) is 0 Å². The number of fused-ring (bicyclic) bond motifs is 2. The molecule has 3 aromatic carbocycles. The molecule has 0 fully saturated rings. The molecule has 1 atom stereocenters. The van der Waals surface area contributed by atoms with Crippen LogP contribution >= 0.6 is 11.8 Å².